The third-order valence-electron chi connectivity index (χ3n) is 5.86. The van der Waals surface area contributed by atoms with Crippen LogP contribution in [0.2, 0.25) is 0 Å². The number of amides is 1. The highest BCUT2D eigenvalue weighted by atomic mass is 16.7. The second-order valence-corrected chi connectivity index (χ2v) is 7.74. The van der Waals surface area contributed by atoms with Gasteiger partial charge in [0, 0.05) is 33.2 Å². The second kappa shape index (κ2) is 10.8. The molecule has 0 bridgehead atoms. The van der Waals surface area contributed by atoms with Crippen molar-refractivity contribution in [3.8, 4) is 0 Å². The number of nitrogens with zero attached hydrogens (tertiary/aromatic N) is 1. The number of ether oxygens (including phenoxy) is 4. The van der Waals surface area contributed by atoms with E-state index in [-0.39, 0.29) is 18.5 Å². The fraction of sp³-hybridized carbons (Fsp3) is 0.682. The predicted octanol–water partition coefficient (Wildman–Crippen LogP) is 3.98. The van der Waals surface area contributed by atoms with Crippen LogP contribution in [0.3, 0.4) is 0 Å². The molecule has 1 saturated heterocycles. The molecule has 0 aromatic heterocycles. The number of methoxy groups -OCH3 is 2. The molecule has 6 nitrogen and oxygen atoms in total. The molecule has 1 aromatic carbocycles. The maximum absolute atomic E-state index is 12.3. The Balaban J connectivity index is 1.34. The number of benzene rings is 1. The average molecular weight is 392 g/mol. The van der Waals surface area contributed by atoms with E-state index in [0.717, 1.165) is 44.1 Å². The van der Waals surface area contributed by atoms with Crippen molar-refractivity contribution in [1.29, 1.82) is 0 Å². The summed E-state index contributed by atoms with van der Waals surface area (Å²) in [4.78, 5) is 14.1. The van der Waals surface area contributed by atoms with Crippen LogP contribution < -0.4 is 0 Å². The van der Waals surface area contributed by atoms with Crippen molar-refractivity contribution in [3.05, 3.63) is 35.9 Å². The van der Waals surface area contributed by atoms with Crippen molar-refractivity contribution < 1.29 is 23.7 Å². The summed E-state index contributed by atoms with van der Waals surface area (Å²) < 4.78 is 22.5. The maximum Gasteiger partial charge on any atom is 0.410 e. The van der Waals surface area contributed by atoms with E-state index in [2.05, 4.69) is 0 Å². The highest BCUT2D eigenvalue weighted by Gasteiger charge is 2.31. The van der Waals surface area contributed by atoms with E-state index in [1.54, 1.807) is 19.1 Å². The molecule has 0 spiro atoms. The molecule has 156 valence electrons. The summed E-state index contributed by atoms with van der Waals surface area (Å²) in [5.41, 5.74) is 1.01. The van der Waals surface area contributed by atoms with Crippen molar-refractivity contribution in [2.75, 3.05) is 27.3 Å². The Morgan fingerprint density at radius 3 is 2.18 bits per heavy atom. The minimum atomic E-state index is -0.229. The first-order valence-electron chi connectivity index (χ1n) is 10.4. The van der Waals surface area contributed by atoms with Crippen LogP contribution in [0.1, 0.15) is 44.1 Å². The summed E-state index contributed by atoms with van der Waals surface area (Å²) in [6.45, 7) is 1.72. The van der Waals surface area contributed by atoms with Crippen molar-refractivity contribution in [3.63, 3.8) is 0 Å². The van der Waals surface area contributed by atoms with Gasteiger partial charge in [-0.1, -0.05) is 30.3 Å². The summed E-state index contributed by atoms with van der Waals surface area (Å²) >= 11 is 0. The molecule has 1 aromatic rings. The van der Waals surface area contributed by atoms with Gasteiger partial charge in [0.1, 0.15) is 6.61 Å². The number of likely N-dealkylation sites (tertiary alicyclic amines) is 1. The standard InChI is InChI=1S/C22H33NO5/c1-25-21(26-2)18-8-10-19(11-9-18)28-20-12-14-23(15-13-20)22(24)27-16-17-6-4-3-5-7-17/h3-7,18-21H,8-16H2,1-2H3. The molecular weight excluding hydrogens is 358 g/mol. The van der Waals surface area contributed by atoms with Gasteiger partial charge >= 0.3 is 6.09 Å². The Morgan fingerprint density at radius 1 is 0.964 bits per heavy atom. The topological polar surface area (TPSA) is 57.2 Å². The summed E-state index contributed by atoms with van der Waals surface area (Å²) in [5, 5.41) is 0. The zero-order valence-electron chi connectivity index (χ0n) is 17.0. The van der Waals surface area contributed by atoms with Crippen LogP contribution in [0.4, 0.5) is 4.79 Å². The van der Waals surface area contributed by atoms with Crippen LogP contribution in [-0.2, 0) is 25.6 Å². The van der Waals surface area contributed by atoms with Crippen LogP contribution in [0, 0.1) is 5.92 Å². The van der Waals surface area contributed by atoms with Crippen molar-refractivity contribution in [2.45, 2.75) is 63.6 Å². The van der Waals surface area contributed by atoms with Crippen LogP contribution in [0.5, 0.6) is 0 Å². The highest BCUT2D eigenvalue weighted by molar-refractivity contribution is 5.67. The quantitative estimate of drug-likeness (QED) is 0.658. The predicted molar refractivity (Wildman–Crippen MR) is 106 cm³/mol. The van der Waals surface area contributed by atoms with E-state index < -0.39 is 0 Å². The maximum atomic E-state index is 12.3. The first kappa shape index (κ1) is 21.1. The minimum absolute atomic E-state index is 0.105. The first-order chi connectivity index (χ1) is 13.7. The fourth-order valence-corrected chi connectivity index (χ4v) is 4.24. The van der Waals surface area contributed by atoms with Crippen molar-refractivity contribution >= 4 is 6.09 Å². The molecule has 0 unspecified atom stereocenters. The first-order valence-corrected chi connectivity index (χ1v) is 10.4. The molecule has 0 radical (unpaired) electrons. The summed E-state index contributed by atoms with van der Waals surface area (Å²) in [6.07, 6.45) is 6.20. The Kier molecular flexibility index (Phi) is 8.13. The largest absolute Gasteiger partial charge is 0.445 e. The van der Waals surface area contributed by atoms with Gasteiger partial charge in [0.15, 0.2) is 6.29 Å². The van der Waals surface area contributed by atoms with Crippen molar-refractivity contribution in [1.82, 2.24) is 4.90 Å². The van der Waals surface area contributed by atoms with Crippen LogP contribution in [-0.4, -0.2) is 56.8 Å². The molecule has 6 heteroatoms. The second-order valence-electron chi connectivity index (χ2n) is 7.74. The molecule has 2 fully saturated rings. The molecule has 1 aliphatic heterocycles. The molecule has 1 saturated carbocycles. The molecule has 0 atom stereocenters. The van der Waals surface area contributed by atoms with Gasteiger partial charge in [0.2, 0.25) is 0 Å². The summed E-state index contributed by atoms with van der Waals surface area (Å²) in [6, 6.07) is 9.78. The third-order valence-corrected chi connectivity index (χ3v) is 5.86. The van der Waals surface area contributed by atoms with Crippen molar-refractivity contribution in [2.24, 2.45) is 5.92 Å². The Labute approximate surface area is 168 Å². The number of rotatable bonds is 7. The van der Waals surface area contributed by atoms with Gasteiger partial charge in [-0.15, -0.1) is 0 Å². The van der Waals surface area contributed by atoms with Gasteiger partial charge in [-0.3, -0.25) is 0 Å². The molecule has 1 aliphatic carbocycles. The van der Waals surface area contributed by atoms with Crippen LogP contribution in [0.15, 0.2) is 30.3 Å². The Hall–Kier alpha value is -1.63. The van der Waals surface area contributed by atoms with Gasteiger partial charge in [-0.2, -0.15) is 0 Å². The average Bonchev–Trinajstić information content (AvgIpc) is 2.75. The van der Waals surface area contributed by atoms with E-state index >= 15 is 0 Å². The molecule has 1 amide bonds. The number of carbonyl (C=O) groups excluding carboxylic acids is 1. The smallest absolute Gasteiger partial charge is 0.410 e. The monoisotopic (exact) mass is 391 g/mol. The van der Waals surface area contributed by atoms with Gasteiger partial charge < -0.3 is 23.8 Å². The molecule has 1 heterocycles. The summed E-state index contributed by atoms with van der Waals surface area (Å²) in [7, 11) is 3.41. The Bertz CT molecular complexity index is 576. The van der Waals surface area contributed by atoms with Crippen LogP contribution in [0.25, 0.3) is 0 Å². The van der Waals surface area contributed by atoms with E-state index in [4.69, 9.17) is 18.9 Å². The molecule has 28 heavy (non-hydrogen) atoms. The number of hydrogen-bond donors (Lipinski definition) is 0. The van der Waals surface area contributed by atoms with Gasteiger partial charge in [0.05, 0.1) is 12.2 Å². The van der Waals surface area contributed by atoms with Gasteiger partial charge in [0.25, 0.3) is 0 Å². The number of piperidine rings is 1. The summed E-state index contributed by atoms with van der Waals surface area (Å²) in [5.74, 6) is 0.455. The zero-order valence-corrected chi connectivity index (χ0v) is 17.0. The van der Waals surface area contributed by atoms with Gasteiger partial charge in [-0.05, 0) is 44.1 Å². The van der Waals surface area contributed by atoms with Gasteiger partial charge in [-0.25, -0.2) is 4.79 Å². The lowest BCUT2D eigenvalue weighted by Crippen LogP contribution is -2.42. The van der Waals surface area contributed by atoms with E-state index in [1.165, 1.54) is 0 Å². The lowest BCUT2D eigenvalue weighted by atomic mass is 9.86. The lowest BCUT2D eigenvalue weighted by Gasteiger charge is -2.36. The lowest BCUT2D eigenvalue weighted by molar-refractivity contribution is -0.153. The fourth-order valence-electron chi connectivity index (χ4n) is 4.24. The molecule has 3 rings (SSSR count). The highest BCUT2D eigenvalue weighted by Crippen LogP contribution is 2.31. The van der Waals surface area contributed by atoms with E-state index in [9.17, 15) is 4.79 Å². The normalized spacial score (nSPS) is 23.8. The molecule has 0 N–H and O–H groups in total. The SMILES string of the molecule is COC(OC)C1CCC(OC2CCN(C(=O)OCc3ccccc3)CC2)CC1. The number of hydrogen-bond acceptors (Lipinski definition) is 5. The molecular formula is C22H33NO5. The third kappa shape index (κ3) is 5.93. The molecule has 2 aliphatic rings. The minimum Gasteiger partial charge on any atom is -0.445 e. The zero-order chi connectivity index (χ0) is 19.8. The van der Waals surface area contributed by atoms with Crippen LogP contribution >= 0.6 is 0 Å². The van der Waals surface area contributed by atoms with E-state index in [1.807, 2.05) is 30.3 Å². The number of carbonyl (C=O) groups is 1. The Morgan fingerprint density at radius 2 is 1.57 bits per heavy atom. The van der Waals surface area contributed by atoms with E-state index in [0.29, 0.717) is 31.7 Å².